The highest BCUT2D eigenvalue weighted by molar-refractivity contribution is 7.92. The van der Waals surface area contributed by atoms with Crippen LogP contribution in [-0.2, 0) is 14.8 Å². The molecule has 3 aromatic rings. The van der Waals surface area contributed by atoms with E-state index in [-0.39, 0.29) is 17.6 Å². The minimum atomic E-state index is -3.81. The molecule has 0 unspecified atom stereocenters. The summed E-state index contributed by atoms with van der Waals surface area (Å²) in [4.78, 5) is 12.3. The van der Waals surface area contributed by atoms with Crippen LogP contribution in [0.5, 0.6) is 11.5 Å². The van der Waals surface area contributed by atoms with E-state index in [1.54, 1.807) is 43.3 Å². The largest absolute Gasteiger partial charge is 0.454 e. The molecular formula is C23H19ClN2O5S. The number of ether oxygens (including phenoxy) is 2. The van der Waals surface area contributed by atoms with E-state index in [9.17, 15) is 13.2 Å². The van der Waals surface area contributed by atoms with E-state index >= 15 is 0 Å². The number of carbonyl (C=O) groups is 1. The van der Waals surface area contributed by atoms with Crippen LogP contribution in [0.25, 0.3) is 6.08 Å². The molecule has 0 saturated carbocycles. The minimum absolute atomic E-state index is 0.0609. The van der Waals surface area contributed by atoms with E-state index in [1.165, 1.54) is 30.3 Å². The molecule has 7 nitrogen and oxygen atoms in total. The molecule has 1 aliphatic rings. The van der Waals surface area contributed by atoms with Gasteiger partial charge in [0, 0.05) is 16.8 Å². The number of sulfonamides is 1. The summed E-state index contributed by atoms with van der Waals surface area (Å²) < 4.78 is 38.4. The molecule has 0 saturated heterocycles. The van der Waals surface area contributed by atoms with Crippen LogP contribution in [0, 0.1) is 6.92 Å². The standard InChI is InChI=1S/C23H19ClN2O5S/c1-15-2-5-17(24)13-20(15)26-32(28,29)19-8-6-18(7-9-19)25-23(27)11-4-16-3-10-21-22(12-16)31-14-30-21/h2-13,26H,14H2,1H3,(H,25,27). The van der Waals surface area contributed by atoms with Gasteiger partial charge in [-0.3, -0.25) is 9.52 Å². The van der Waals surface area contributed by atoms with E-state index in [4.69, 9.17) is 21.1 Å². The van der Waals surface area contributed by atoms with Gasteiger partial charge in [-0.1, -0.05) is 23.7 Å². The number of anilines is 2. The number of benzene rings is 3. The Morgan fingerprint density at radius 3 is 2.53 bits per heavy atom. The normalized spacial score (nSPS) is 12.7. The number of rotatable bonds is 6. The molecule has 0 bridgehead atoms. The van der Waals surface area contributed by atoms with Crippen molar-refractivity contribution >= 4 is 45.0 Å². The molecule has 0 spiro atoms. The van der Waals surface area contributed by atoms with Crippen molar-refractivity contribution in [2.75, 3.05) is 16.8 Å². The second-order valence-corrected chi connectivity index (χ2v) is 9.14. The molecule has 0 atom stereocenters. The number of amides is 1. The van der Waals surface area contributed by atoms with Crippen LogP contribution in [0.4, 0.5) is 11.4 Å². The number of nitrogens with one attached hydrogen (secondary N) is 2. The van der Waals surface area contributed by atoms with Gasteiger partial charge >= 0.3 is 0 Å². The zero-order chi connectivity index (χ0) is 22.7. The van der Waals surface area contributed by atoms with E-state index < -0.39 is 10.0 Å². The molecule has 164 valence electrons. The number of halogens is 1. The van der Waals surface area contributed by atoms with Crippen molar-refractivity contribution in [2.24, 2.45) is 0 Å². The monoisotopic (exact) mass is 470 g/mol. The maximum Gasteiger partial charge on any atom is 0.261 e. The van der Waals surface area contributed by atoms with Crippen molar-refractivity contribution in [1.29, 1.82) is 0 Å². The van der Waals surface area contributed by atoms with E-state index in [0.29, 0.717) is 27.9 Å². The predicted octanol–water partition coefficient (Wildman–Crippen LogP) is 4.83. The van der Waals surface area contributed by atoms with Crippen LogP contribution >= 0.6 is 11.6 Å². The fourth-order valence-corrected chi connectivity index (χ4v) is 4.29. The van der Waals surface area contributed by atoms with Gasteiger partial charge in [0.2, 0.25) is 12.7 Å². The van der Waals surface area contributed by atoms with Crippen molar-refractivity contribution in [3.63, 3.8) is 0 Å². The number of aryl methyl sites for hydroxylation is 1. The van der Waals surface area contributed by atoms with Crippen molar-refractivity contribution in [3.8, 4) is 11.5 Å². The zero-order valence-corrected chi connectivity index (χ0v) is 18.5. The van der Waals surface area contributed by atoms with E-state index in [1.807, 2.05) is 6.07 Å². The van der Waals surface area contributed by atoms with Gasteiger partial charge in [-0.15, -0.1) is 0 Å². The molecule has 1 aliphatic heterocycles. The van der Waals surface area contributed by atoms with Crippen molar-refractivity contribution < 1.29 is 22.7 Å². The summed E-state index contributed by atoms with van der Waals surface area (Å²) in [7, 11) is -3.81. The Hall–Kier alpha value is -3.49. The highest BCUT2D eigenvalue weighted by Crippen LogP contribution is 2.32. The highest BCUT2D eigenvalue weighted by Gasteiger charge is 2.16. The maximum absolute atomic E-state index is 12.7. The first kappa shape index (κ1) is 21.7. The molecule has 4 rings (SSSR count). The average molecular weight is 471 g/mol. The molecule has 0 radical (unpaired) electrons. The second-order valence-electron chi connectivity index (χ2n) is 7.02. The minimum Gasteiger partial charge on any atom is -0.454 e. The smallest absolute Gasteiger partial charge is 0.261 e. The first-order valence-corrected chi connectivity index (χ1v) is 11.4. The molecule has 32 heavy (non-hydrogen) atoms. The van der Waals surface area contributed by atoms with Crippen LogP contribution in [0.15, 0.2) is 71.6 Å². The summed E-state index contributed by atoms with van der Waals surface area (Å²) in [5, 5.41) is 3.13. The van der Waals surface area contributed by atoms with Crippen molar-refractivity contribution in [2.45, 2.75) is 11.8 Å². The maximum atomic E-state index is 12.7. The van der Waals surface area contributed by atoms with Crippen molar-refractivity contribution in [1.82, 2.24) is 0 Å². The predicted molar refractivity (Wildman–Crippen MR) is 124 cm³/mol. The van der Waals surface area contributed by atoms with Crippen LogP contribution in [0.1, 0.15) is 11.1 Å². The lowest BCUT2D eigenvalue weighted by Gasteiger charge is -2.11. The molecule has 3 aromatic carbocycles. The summed E-state index contributed by atoms with van der Waals surface area (Å²) in [5.74, 6) is 0.943. The Balaban J connectivity index is 1.40. The van der Waals surface area contributed by atoms with Gasteiger partial charge in [0.15, 0.2) is 11.5 Å². The quantitative estimate of drug-likeness (QED) is 0.503. The van der Waals surface area contributed by atoms with Crippen LogP contribution in [-0.4, -0.2) is 21.1 Å². The SMILES string of the molecule is Cc1ccc(Cl)cc1NS(=O)(=O)c1ccc(NC(=O)C=Cc2ccc3c(c2)OCO3)cc1. The Kier molecular flexibility index (Phi) is 6.07. The first-order valence-electron chi connectivity index (χ1n) is 9.58. The number of carbonyl (C=O) groups excluding carboxylic acids is 1. The molecule has 0 aliphatic carbocycles. The second kappa shape index (κ2) is 8.94. The number of hydrogen-bond acceptors (Lipinski definition) is 5. The number of hydrogen-bond donors (Lipinski definition) is 2. The Labute approximate surface area is 190 Å². The van der Waals surface area contributed by atoms with Gasteiger partial charge in [0.25, 0.3) is 10.0 Å². The molecule has 1 heterocycles. The summed E-state index contributed by atoms with van der Waals surface area (Å²) in [6.07, 6.45) is 3.03. The van der Waals surface area contributed by atoms with Gasteiger partial charge in [0.05, 0.1) is 10.6 Å². The summed E-state index contributed by atoms with van der Waals surface area (Å²) in [6, 6.07) is 16.2. The Bertz CT molecular complexity index is 1300. The van der Waals surface area contributed by atoms with Gasteiger partial charge < -0.3 is 14.8 Å². The Morgan fingerprint density at radius 1 is 1.00 bits per heavy atom. The van der Waals surface area contributed by atoms with E-state index in [0.717, 1.165) is 11.1 Å². The zero-order valence-electron chi connectivity index (χ0n) is 17.0. The fourth-order valence-electron chi connectivity index (χ4n) is 3.00. The lowest BCUT2D eigenvalue weighted by molar-refractivity contribution is -0.111. The van der Waals surface area contributed by atoms with Gasteiger partial charge in [0.1, 0.15) is 0 Å². The van der Waals surface area contributed by atoms with E-state index in [2.05, 4.69) is 10.0 Å². The third kappa shape index (κ3) is 5.04. The molecule has 9 heteroatoms. The Morgan fingerprint density at radius 2 is 1.75 bits per heavy atom. The summed E-state index contributed by atoms with van der Waals surface area (Å²) in [6.45, 7) is 1.97. The molecule has 1 amide bonds. The molecular weight excluding hydrogens is 452 g/mol. The number of fused-ring (bicyclic) bond motifs is 1. The lowest BCUT2D eigenvalue weighted by atomic mass is 10.2. The third-order valence-corrected chi connectivity index (χ3v) is 6.32. The third-order valence-electron chi connectivity index (χ3n) is 4.70. The molecule has 0 fully saturated rings. The topological polar surface area (TPSA) is 93.7 Å². The van der Waals surface area contributed by atoms with Crippen LogP contribution in [0.2, 0.25) is 5.02 Å². The van der Waals surface area contributed by atoms with Gasteiger partial charge in [-0.25, -0.2) is 8.42 Å². The van der Waals surface area contributed by atoms with Crippen LogP contribution < -0.4 is 19.5 Å². The highest BCUT2D eigenvalue weighted by atomic mass is 35.5. The van der Waals surface area contributed by atoms with Crippen LogP contribution in [0.3, 0.4) is 0 Å². The summed E-state index contributed by atoms with van der Waals surface area (Å²) in [5.41, 5.74) is 2.40. The van der Waals surface area contributed by atoms with Gasteiger partial charge in [-0.05, 0) is 72.7 Å². The lowest BCUT2D eigenvalue weighted by Crippen LogP contribution is -2.14. The average Bonchev–Trinajstić information content (AvgIpc) is 3.23. The molecule has 2 N–H and O–H groups in total. The van der Waals surface area contributed by atoms with Gasteiger partial charge in [-0.2, -0.15) is 0 Å². The fraction of sp³-hybridized carbons (Fsp3) is 0.0870. The summed E-state index contributed by atoms with van der Waals surface area (Å²) >= 11 is 5.96. The van der Waals surface area contributed by atoms with Crippen molar-refractivity contribution in [3.05, 3.63) is 82.9 Å². The molecule has 0 aromatic heterocycles. The first-order chi connectivity index (χ1) is 15.3.